The van der Waals surface area contributed by atoms with E-state index < -0.39 is 0 Å². The molecule has 0 bridgehead atoms. The molecule has 0 spiro atoms. The molecule has 0 radical (unpaired) electrons. The molecule has 0 amide bonds. The second kappa shape index (κ2) is 5.46. The molecule has 2 heterocycles. The number of hydrogen-bond acceptors (Lipinski definition) is 5. The Morgan fingerprint density at radius 2 is 2.18 bits per heavy atom. The maximum Gasteiger partial charge on any atom is 0.0950 e. The first-order chi connectivity index (χ1) is 8.10. The van der Waals surface area contributed by atoms with Crippen molar-refractivity contribution in [2.45, 2.75) is 26.3 Å². The molecular formula is C11H14ClN3S2. The van der Waals surface area contributed by atoms with Crippen molar-refractivity contribution in [1.29, 1.82) is 0 Å². The Hall–Kier alpha value is -0.460. The van der Waals surface area contributed by atoms with Gasteiger partial charge in [-0.2, -0.15) is 0 Å². The summed E-state index contributed by atoms with van der Waals surface area (Å²) in [4.78, 5) is 6.93. The van der Waals surface area contributed by atoms with Crippen molar-refractivity contribution in [1.82, 2.24) is 10.4 Å². The van der Waals surface area contributed by atoms with E-state index in [1.807, 2.05) is 19.1 Å². The van der Waals surface area contributed by atoms with Crippen LogP contribution in [0.1, 0.15) is 26.5 Å². The van der Waals surface area contributed by atoms with E-state index in [1.54, 1.807) is 22.7 Å². The average molecular weight is 288 g/mol. The van der Waals surface area contributed by atoms with Crippen molar-refractivity contribution in [3.8, 4) is 0 Å². The van der Waals surface area contributed by atoms with Crippen LogP contribution in [0.2, 0.25) is 4.34 Å². The minimum absolute atomic E-state index is 0.0810. The van der Waals surface area contributed by atoms with Crippen LogP contribution in [0.5, 0.6) is 0 Å². The van der Waals surface area contributed by atoms with Gasteiger partial charge >= 0.3 is 0 Å². The largest absolute Gasteiger partial charge is 0.271 e. The first kappa shape index (κ1) is 13.0. The molecule has 0 aromatic carbocycles. The minimum atomic E-state index is 0.0810. The number of nitrogens with one attached hydrogen (secondary N) is 1. The van der Waals surface area contributed by atoms with E-state index in [0.29, 0.717) is 0 Å². The highest BCUT2D eigenvalue weighted by Crippen LogP contribution is 2.29. The molecule has 2 aromatic rings. The van der Waals surface area contributed by atoms with Crippen molar-refractivity contribution >= 4 is 34.3 Å². The normalized spacial score (nSPS) is 12.9. The highest BCUT2D eigenvalue weighted by molar-refractivity contribution is 7.16. The molecule has 17 heavy (non-hydrogen) atoms. The van der Waals surface area contributed by atoms with Gasteiger partial charge in [-0.25, -0.2) is 4.98 Å². The number of nitrogens with two attached hydrogens (primary N) is 1. The number of thiazole rings is 1. The summed E-state index contributed by atoms with van der Waals surface area (Å²) >= 11 is 9.21. The number of aryl methyl sites for hydroxylation is 2. The molecule has 0 saturated heterocycles. The van der Waals surface area contributed by atoms with Gasteiger partial charge in [0.1, 0.15) is 0 Å². The van der Waals surface area contributed by atoms with E-state index in [9.17, 15) is 0 Å². The van der Waals surface area contributed by atoms with E-state index in [2.05, 4.69) is 17.3 Å². The van der Waals surface area contributed by atoms with Crippen LogP contribution < -0.4 is 11.3 Å². The van der Waals surface area contributed by atoms with Gasteiger partial charge in [0.15, 0.2) is 0 Å². The summed E-state index contributed by atoms with van der Waals surface area (Å²) in [6.07, 6.45) is 0.798. The predicted molar refractivity (Wildman–Crippen MR) is 74.7 cm³/mol. The lowest BCUT2D eigenvalue weighted by Crippen LogP contribution is -2.28. The number of thiophene rings is 1. The van der Waals surface area contributed by atoms with Gasteiger partial charge in [-0.05, 0) is 26.0 Å². The Morgan fingerprint density at radius 3 is 2.65 bits per heavy atom. The SMILES string of the molecule is Cc1nc(CC(NN)c2ccc(Cl)s2)sc1C. The van der Waals surface area contributed by atoms with Crippen LogP contribution in [-0.2, 0) is 6.42 Å². The minimum Gasteiger partial charge on any atom is -0.271 e. The maximum atomic E-state index is 5.93. The Morgan fingerprint density at radius 1 is 1.41 bits per heavy atom. The fourth-order valence-corrected chi connectivity index (χ4v) is 3.66. The number of halogens is 1. The topological polar surface area (TPSA) is 50.9 Å². The number of hydrazine groups is 1. The molecule has 0 fully saturated rings. The summed E-state index contributed by atoms with van der Waals surface area (Å²) in [7, 11) is 0. The van der Waals surface area contributed by atoms with Gasteiger partial charge in [-0.3, -0.25) is 11.3 Å². The first-order valence-electron chi connectivity index (χ1n) is 5.24. The van der Waals surface area contributed by atoms with Crippen LogP contribution in [0.15, 0.2) is 12.1 Å². The third kappa shape index (κ3) is 3.05. The van der Waals surface area contributed by atoms with Crippen LogP contribution >= 0.6 is 34.3 Å². The molecule has 2 aromatic heterocycles. The van der Waals surface area contributed by atoms with Crippen molar-refractivity contribution in [2.75, 3.05) is 0 Å². The molecule has 1 atom stereocenters. The summed E-state index contributed by atoms with van der Waals surface area (Å²) in [5, 5.41) is 1.10. The Balaban J connectivity index is 2.15. The van der Waals surface area contributed by atoms with E-state index in [1.165, 1.54) is 4.88 Å². The summed E-state index contributed by atoms with van der Waals surface area (Å²) in [5.74, 6) is 5.60. The van der Waals surface area contributed by atoms with Gasteiger partial charge in [-0.15, -0.1) is 22.7 Å². The van der Waals surface area contributed by atoms with Gasteiger partial charge in [0.05, 0.1) is 21.1 Å². The number of aromatic nitrogens is 1. The van der Waals surface area contributed by atoms with E-state index in [4.69, 9.17) is 17.4 Å². The lowest BCUT2D eigenvalue weighted by molar-refractivity contribution is 0.559. The summed E-state index contributed by atoms with van der Waals surface area (Å²) in [6.45, 7) is 4.12. The molecule has 3 nitrogen and oxygen atoms in total. The lowest BCUT2D eigenvalue weighted by atomic mass is 10.2. The van der Waals surface area contributed by atoms with Gasteiger partial charge in [0.25, 0.3) is 0 Å². The zero-order valence-electron chi connectivity index (χ0n) is 9.66. The van der Waals surface area contributed by atoms with E-state index in [0.717, 1.165) is 26.3 Å². The van der Waals surface area contributed by atoms with Crippen molar-refractivity contribution < 1.29 is 0 Å². The fraction of sp³-hybridized carbons (Fsp3) is 0.364. The molecular weight excluding hydrogens is 274 g/mol. The van der Waals surface area contributed by atoms with Crippen LogP contribution in [0, 0.1) is 13.8 Å². The van der Waals surface area contributed by atoms with Gasteiger partial charge in [0, 0.05) is 16.2 Å². The van der Waals surface area contributed by atoms with Crippen LogP contribution in [0.3, 0.4) is 0 Å². The predicted octanol–water partition coefficient (Wildman–Crippen LogP) is 3.22. The quantitative estimate of drug-likeness (QED) is 0.670. The van der Waals surface area contributed by atoms with Crippen molar-refractivity contribution in [3.05, 3.63) is 36.9 Å². The van der Waals surface area contributed by atoms with Crippen molar-refractivity contribution in [2.24, 2.45) is 5.84 Å². The molecule has 1 unspecified atom stereocenters. The second-order valence-electron chi connectivity index (χ2n) is 3.81. The third-order valence-corrected chi connectivity index (χ3v) is 5.03. The van der Waals surface area contributed by atoms with Gasteiger partial charge in [0.2, 0.25) is 0 Å². The molecule has 0 aliphatic rings. The van der Waals surface area contributed by atoms with Crippen LogP contribution in [0.4, 0.5) is 0 Å². The third-order valence-electron chi connectivity index (χ3n) is 2.59. The zero-order chi connectivity index (χ0) is 12.4. The number of hydrogen-bond donors (Lipinski definition) is 2. The Kier molecular flexibility index (Phi) is 4.17. The average Bonchev–Trinajstić information content (AvgIpc) is 2.83. The maximum absolute atomic E-state index is 5.93. The Labute approximate surface area is 114 Å². The summed E-state index contributed by atoms with van der Waals surface area (Å²) < 4.78 is 0.784. The van der Waals surface area contributed by atoms with Gasteiger partial charge < -0.3 is 0 Å². The lowest BCUT2D eigenvalue weighted by Gasteiger charge is -2.11. The molecule has 0 saturated carbocycles. The molecule has 92 valence electrons. The molecule has 2 rings (SSSR count). The fourth-order valence-electron chi connectivity index (χ4n) is 1.56. The van der Waals surface area contributed by atoms with E-state index >= 15 is 0 Å². The van der Waals surface area contributed by atoms with Crippen LogP contribution in [0.25, 0.3) is 0 Å². The highest BCUT2D eigenvalue weighted by Gasteiger charge is 2.15. The first-order valence-corrected chi connectivity index (χ1v) is 7.25. The number of rotatable bonds is 4. The second-order valence-corrected chi connectivity index (χ2v) is 6.85. The standard InChI is InChI=1S/C11H14ClN3S2/c1-6-7(2)16-11(14-6)5-8(15-13)9-3-4-10(12)17-9/h3-4,8,15H,5,13H2,1-2H3. The zero-order valence-corrected chi connectivity index (χ0v) is 12.0. The van der Waals surface area contributed by atoms with Crippen molar-refractivity contribution in [3.63, 3.8) is 0 Å². The molecule has 3 N–H and O–H groups in total. The summed E-state index contributed by atoms with van der Waals surface area (Å²) in [5.41, 5.74) is 3.93. The Bertz CT molecular complexity index is 487. The number of nitrogens with zero attached hydrogens (tertiary/aromatic N) is 1. The monoisotopic (exact) mass is 287 g/mol. The van der Waals surface area contributed by atoms with Gasteiger partial charge in [-0.1, -0.05) is 11.6 Å². The summed E-state index contributed by atoms with van der Waals surface area (Å²) in [6, 6.07) is 3.98. The van der Waals surface area contributed by atoms with E-state index in [-0.39, 0.29) is 6.04 Å². The highest BCUT2D eigenvalue weighted by atomic mass is 35.5. The molecule has 0 aliphatic heterocycles. The smallest absolute Gasteiger partial charge is 0.0950 e. The molecule has 6 heteroatoms. The molecule has 0 aliphatic carbocycles. The van der Waals surface area contributed by atoms with Crippen LogP contribution in [-0.4, -0.2) is 4.98 Å².